The Hall–Kier alpha value is -3.22. The van der Waals surface area contributed by atoms with Crippen molar-refractivity contribution in [3.05, 3.63) is 65.1 Å². The Kier molecular flexibility index (Phi) is 4.81. The Morgan fingerprint density at radius 2 is 2.21 bits per heavy atom. The third kappa shape index (κ3) is 3.60. The smallest absolute Gasteiger partial charge is 0.224 e. The summed E-state index contributed by atoms with van der Waals surface area (Å²) in [5.41, 5.74) is 3.78. The monoisotopic (exact) mass is 381 g/mol. The van der Waals surface area contributed by atoms with Crippen LogP contribution in [0.4, 0.5) is 4.39 Å². The number of carbonyl (C=O) groups is 1. The highest BCUT2D eigenvalue weighted by Crippen LogP contribution is 2.39. The van der Waals surface area contributed by atoms with Gasteiger partial charge in [0.2, 0.25) is 5.91 Å². The van der Waals surface area contributed by atoms with Crippen molar-refractivity contribution in [1.29, 1.82) is 0 Å². The predicted octanol–water partition coefficient (Wildman–Crippen LogP) is 3.15. The van der Waals surface area contributed by atoms with Crippen LogP contribution in [-0.4, -0.2) is 28.7 Å². The van der Waals surface area contributed by atoms with Crippen molar-refractivity contribution in [2.75, 3.05) is 6.54 Å². The van der Waals surface area contributed by atoms with Crippen LogP contribution in [-0.2, 0) is 17.6 Å². The van der Waals surface area contributed by atoms with Gasteiger partial charge in [0.25, 0.3) is 0 Å². The molecule has 1 N–H and O–H groups in total. The second kappa shape index (κ2) is 7.42. The molecule has 1 atom stereocenters. The third-order valence-electron chi connectivity index (χ3n) is 4.88. The number of fused-ring (bicyclic) bond motifs is 1. The first kappa shape index (κ1) is 18.2. The lowest BCUT2D eigenvalue weighted by Crippen LogP contribution is -2.35. The average molecular weight is 381 g/mol. The zero-order valence-electron chi connectivity index (χ0n) is 15.7. The summed E-state index contributed by atoms with van der Waals surface area (Å²) in [5.74, 6) is 0.852. The van der Waals surface area contributed by atoms with E-state index in [1.165, 1.54) is 12.1 Å². The number of benzene rings is 1. The summed E-state index contributed by atoms with van der Waals surface area (Å²) in [6, 6.07) is 6.60. The van der Waals surface area contributed by atoms with Crippen molar-refractivity contribution in [3.63, 3.8) is 0 Å². The number of hydrogen-bond donors (Lipinski definition) is 1. The Morgan fingerprint density at radius 3 is 2.93 bits per heavy atom. The fraction of sp³-hybridized carbons (Fsp3) is 0.286. The van der Waals surface area contributed by atoms with Gasteiger partial charge in [-0.05, 0) is 32.0 Å². The number of hydrogen-bond acceptors (Lipinski definition) is 5. The van der Waals surface area contributed by atoms with Crippen molar-refractivity contribution in [2.45, 2.75) is 32.8 Å². The van der Waals surface area contributed by atoms with Crippen LogP contribution in [0, 0.1) is 19.7 Å². The van der Waals surface area contributed by atoms with Crippen molar-refractivity contribution in [2.24, 2.45) is 0 Å². The summed E-state index contributed by atoms with van der Waals surface area (Å²) in [5, 5.41) is 6.75. The number of ether oxygens (including phenoxy) is 1. The molecule has 0 saturated carbocycles. The lowest BCUT2D eigenvalue weighted by Gasteiger charge is -2.13. The molecule has 0 fully saturated rings. The maximum Gasteiger partial charge on any atom is 0.224 e. The Bertz CT molecular complexity index is 998. The van der Waals surface area contributed by atoms with Gasteiger partial charge in [-0.3, -0.25) is 9.78 Å². The van der Waals surface area contributed by atoms with E-state index in [-0.39, 0.29) is 24.2 Å². The number of aromatic nitrogens is 2. The molecule has 0 saturated heterocycles. The number of aryl methyl sites for hydroxylation is 2. The number of rotatable bonds is 5. The molecule has 7 heteroatoms. The van der Waals surface area contributed by atoms with E-state index in [9.17, 15) is 9.18 Å². The van der Waals surface area contributed by atoms with Gasteiger partial charge in [0.1, 0.15) is 23.4 Å². The van der Waals surface area contributed by atoms with Gasteiger partial charge >= 0.3 is 0 Å². The molecule has 144 valence electrons. The Morgan fingerprint density at radius 1 is 1.36 bits per heavy atom. The van der Waals surface area contributed by atoms with E-state index in [4.69, 9.17) is 9.26 Å². The maximum atomic E-state index is 14.1. The first-order valence-corrected chi connectivity index (χ1v) is 9.09. The number of nitrogens with one attached hydrogen (secondary N) is 1. The minimum Gasteiger partial charge on any atom is -0.487 e. The Labute approximate surface area is 161 Å². The highest BCUT2D eigenvalue weighted by atomic mass is 19.1. The van der Waals surface area contributed by atoms with E-state index >= 15 is 0 Å². The van der Waals surface area contributed by atoms with Crippen LogP contribution in [0.15, 0.2) is 41.2 Å². The average Bonchev–Trinajstić information content (AvgIpc) is 3.24. The fourth-order valence-electron chi connectivity index (χ4n) is 3.45. The van der Waals surface area contributed by atoms with Gasteiger partial charge in [-0.2, -0.15) is 0 Å². The van der Waals surface area contributed by atoms with Crippen LogP contribution in [0.1, 0.15) is 22.6 Å². The van der Waals surface area contributed by atoms with Gasteiger partial charge in [-0.15, -0.1) is 0 Å². The molecule has 0 spiro atoms. The van der Waals surface area contributed by atoms with E-state index in [1.54, 1.807) is 25.4 Å². The fourth-order valence-corrected chi connectivity index (χ4v) is 3.45. The predicted molar refractivity (Wildman–Crippen MR) is 100 cm³/mol. The zero-order valence-corrected chi connectivity index (χ0v) is 15.7. The van der Waals surface area contributed by atoms with Crippen LogP contribution in [0.3, 0.4) is 0 Å². The summed E-state index contributed by atoms with van der Waals surface area (Å²) >= 11 is 0. The molecule has 3 aromatic rings. The largest absolute Gasteiger partial charge is 0.487 e. The molecule has 28 heavy (non-hydrogen) atoms. The first-order chi connectivity index (χ1) is 13.5. The van der Waals surface area contributed by atoms with Crippen LogP contribution < -0.4 is 10.1 Å². The van der Waals surface area contributed by atoms with Gasteiger partial charge in [0, 0.05) is 41.1 Å². The van der Waals surface area contributed by atoms with Gasteiger partial charge in [-0.25, -0.2) is 4.39 Å². The van der Waals surface area contributed by atoms with E-state index in [2.05, 4.69) is 15.5 Å². The SMILES string of the molecule is Cc1noc(C)c1CC(=O)NC[C@@H]1Cc2cc(F)cc(-c3cccnc3)c2O1. The normalized spacial score (nSPS) is 15.2. The molecule has 6 nitrogen and oxygen atoms in total. The summed E-state index contributed by atoms with van der Waals surface area (Å²) in [4.78, 5) is 16.4. The molecule has 0 bridgehead atoms. The quantitative estimate of drug-likeness (QED) is 0.735. The van der Waals surface area contributed by atoms with E-state index in [0.29, 0.717) is 35.7 Å². The Balaban J connectivity index is 1.43. The number of pyridine rings is 1. The molecule has 0 aliphatic carbocycles. The van der Waals surface area contributed by atoms with Crippen LogP contribution in [0.25, 0.3) is 11.1 Å². The van der Waals surface area contributed by atoms with Gasteiger partial charge in [-0.1, -0.05) is 11.2 Å². The molecule has 1 aliphatic heterocycles. The van der Waals surface area contributed by atoms with Crippen LogP contribution in [0.2, 0.25) is 0 Å². The highest BCUT2D eigenvalue weighted by molar-refractivity contribution is 5.79. The molecule has 1 aliphatic rings. The number of nitrogens with zero attached hydrogens (tertiary/aromatic N) is 2. The topological polar surface area (TPSA) is 77.3 Å². The molecular formula is C21H20FN3O3. The number of halogens is 1. The lowest BCUT2D eigenvalue weighted by molar-refractivity contribution is -0.120. The second-order valence-corrected chi connectivity index (χ2v) is 6.91. The van der Waals surface area contributed by atoms with Gasteiger partial charge in [0.05, 0.1) is 18.7 Å². The third-order valence-corrected chi connectivity index (χ3v) is 4.88. The number of amides is 1. The molecule has 0 radical (unpaired) electrons. The summed E-state index contributed by atoms with van der Waals surface area (Å²) in [6.45, 7) is 3.93. The second-order valence-electron chi connectivity index (χ2n) is 6.91. The standard InChI is InChI=1S/C21H20FN3O3/c1-12-18(13(2)28-25-12)9-20(26)24-11-17-7-15-6-16(22)8-19(21(15)27-17)14-4-3-5-23-10-14/h3-6,8,10,17H,7,9,11H2,1-2H3,(H,24,26)/t17-/m0/s1. The minimum absolute atomic E-state index is 0.132. The first-order valence-electron chi connectivity index (χ1n) is 9.09. The molecular weight excluding hydrogens is 361 g/mol. The summed E-state index contributed by atoms with van der Waals surface area (Å²) in [6.07, 6.45) is 3.83. The van der Waals surface area contributed by atoms with Crippen molar-refractivity contribution in [3.8, 4) is 16.9 Å². The molecule has 0 unspecified atom stereocenters. The molecule has 2 aromatic heterocycles. The number of carbonyl (C=O) groups excluding carboxylic acids is 1. The van der Waals surface area contributed by atoms with E-state index < -0.39 is 0 Å². The summed E-state index contributed by atoms with van der Waals surface area (Å²) < 4.78 is 25.2. The van der Waals surface area contributed by atoms with E-state index in [1.807, 2.05) is 13.0 Å². The van der Waals surface area contributed by atoms with E-state index in [0.717, 1.165) is 16.7 Å². The van der Waals surface area contributed by atoms with Gasteiger partial charge in [0.15, 0.2) is 0 Å². The zero-order chi connectivity index (χ0) is 19.7. The van der Waals surface area contributed by atoms with Crippen molar-refractivity contribution >= 4 is 5.91 Å². The lowest BCUT2D eigenvalue weighted by atomic mass is 10.0. The maximum absolute atomic E-state index is 14.1. The minimum atomic E-state index is -0.315. The molecule has 4 rings (SSSR count). The summed E-state index contributed by atoms with van der Waals surface area (Å²) in [7, 11) is 0. The van der Waals surface area contributed by atoms with Gasteiger partial charge < -0.3 is 14.6 Å². The van der Waals surface area contributed by atoms with Crippen molar-refractivity contribution in [1.82, 2.24) is 15.5 Å². The van der Waals surface area contributed by atoms with Crippen molar-refractivity contribution < 1.29 is 18.4 Å². The molecule has 1 amide bonds. The highest BCUT2D eigenvalue weighted by Gasteiger charge is 2.27. The van der Waals surface area contributed by atoms with Crippen LogP contribution >= 0.6 is 0 Å². The molecule has 3 heterocycles. The van der Waals surface area contributed by atoms with Crippen LogP contribution in [0.5, 0.6) is 5.75 Å². The molecule has 1 aromatic carbocycles.